The SMILES string of the molecule is O=CO.O=CO.O=CO.[Al]. The Bertz CT molecular complexity index is 49.7. The zero-order valence-corrected chi connectivity index (χ0v) is 6.03. The molecule has 0 saturated heterocycles. The van der Waals surface area contributed by atoms with Gasteiger partial charge in [-0.15, -0.1) is 0 Å². The Morgan fingerprint density at radius 1 is 0.700 bits per heavy atom. The van der Waals surface area contributed by atoms with Gasteiger partial charge in [-0.2, -0.15) is 0 Å². The van der Waals surface area contributed by atoms with Crippen molar-refractivity contribution < 1.29 is 29.7 Å². The Morgan fingerprint density at radius 2 is 0.700 bits per heavy atom. The van der Waals surface area contributed by atoms with Crippen LogP contribution in [0.2, 0.25) is 0 Å². The number of hydrogen-bond acceptors (Lipinski definition) is 3. The van der Waals surface area contributed by atoms with E-state index in [4.69, 9.17) is 29.7 Å². The molecule has 0 unspecified atom stereocenters. The van der Waals surface area contributed by atoms with Crippen LogP contribution in [-0.2, 0) is 14.4 Å². The lowest BCUT2D eigenvalue weighted by Gasteiger charge is -1.34. The van der Waals surface area contributed by atoms with Gasteiger partial charge >= 0.3 is 0 Å². The molecular formula is C3H6AlO6. The third-order valence-corrected chi connectivity index (χ3v) is 0. The van der Waals surface area contributed by atoms with Gasteiger partial charge in [-0.05, 0) is 0 Å². The van der Waals surface area contributed by atoms with Gasteiger partial charge in [-0.25, -0.2) is 0 Å². The minimum atomic E-state index is -0.250. The number of rotatable bonds is 0. The third-order valence-electron chi connectivity index (χ3n) is 0. The molecule has 0 rings (SSSR count). The fourth-order valence-electron chi connectivity index (χ4n) is 0. The van der Waals surface area contributed by atoms with Crippen LogP contribution in [0.3, 0.4) is 0 Å². The molecule has 0 bridgehead atoms. The topological polar surface area (TPSA) is 112 Å². The molecule has 6 nitrogen and oxygen atoms in total. The van der Waals surface area contributed by atoms with E-state index in [-0.39, 0.29) is 36.8 Å². The van der Waals surface area contributed by atoms with Crippen LogP contribution in [0.5, 0.6) is 0 Å². The average Bonchev–Trinajstić information content (AvgIpc) is 1.70. The van der Waals surface area contributed by atoms with Crippen molar-refractivity contribution in [2.75, 3.05) is 0 Å². The molecule has 0 aromatic heterocycles. The molecule has 3 N–H and O–H groups in total. The first kappa shape index (κ1) is 23.1. The van der Waals surface area contributed by atoms with Gasteiger partial charge in [0.05, 0.1) is 0 Å². The van der Waals surface area contributed by atoms with Gasteiger partial charge in [-0.1, -0.05) is 0 Å². The van der Waals surface area contributed by atoms with Gasteiger partial charge in [0.15, 0.2) is 0 Å². The molecule has 0 aliphatic rings. The van der Waals surface area contributed by atoms with Crippen molar-refractivity contribution in [3.05, 3.63) is 0 Å². The van der Waals surface area contributed by atoms with Crippen LogP contribution in [0.25, 0.3) is 0 Å². The molecule has 0 aromatic carbocycles. The molecule has 0 spiro atoms. The van der Waals surface area contributed by atoms with Gasteiger partial charge in [0.1, 0.15) is 0 Å². The van der Waals surface area contributed by atoms with Crippen LogP contribution in [0.1, 0.15) is 0 Å². The van der Waals surface area contributed by atoms with E-state index in [1.165, 1.54) is 0 Å². The van der Waals surface area contributed by atoms with Crippen LogP contribution in [0.15, 0.2) is 0 Å². The largest absolute Gasteiger partial charge is 0.483 e. The highest BCUT2D eigenvalue weighted by Crippen LogP contribution is 0.972. The first-order valence-corrected chi connectivity index (χ1v) is 1.48. The van der Waals surface area contributed by atoms with Crippen LogP contribution in [0.4, 0.5) is 0 Å². The Balaban J connectivity index is -0.0000000257. The van der Waals surface area contributed by atoms with E-state index in [1.54, 1.807) is 0 Å². The monoisotopic (exact) mass is 165 g/mol. The molecule has 7 heteroatoms. The Hall–Kier alpha value is -1.06. The second-order valence-electron chi connectivity index (χ2n) is 0.316. The van der Waals surface area contributed by atoms with Crippen LogP contribution in [-0.4, -0.2) is 52.1 Å². The summed E-state index contributed by atoms with van der Waals surface area (Å²) in [6.07, 6.45) is 0. The summed E-state index contributed by atoms with van der Waals surface area (Å²) in [5.41, 5.74) is 0. The van der Waals surface area contributed by atoms with Crippen LogP contribution < -0.4 is 0 Å². The predicted molar refractivity (Wildman–Crippen MR) is 31.8 cm³/mol. The van der Waals surface area contributed by atoms with Crippen molar-refractivity contribution in [3.63, 3.8) is 0 Å². The highest BCUT2D eigenvalue weighted by Gasteiger charge is 1.22. The molecule has 0 amide bonds. The Kier molecular flexibility index (Phi) is 234. The lowest BCUT2D eigenvalue weighted by atomic mass is 11.7. The normalized spacial score (nSPS) is 3.60. The van der Waals surface area contributed by atoms with Crippen molar-refractivity contribution in [2.45, 2.75) is 0 Å². The Labute approximate surface area is 67.2 Å². The van der Waals surface area contributed by atoms with Gasteiger partial charge in [0.25, 0.3) is 19.4 Å². The maximum absolute atomic E-state index is 8.36. The van der Waals surface area contributed by atoms with E-state index in [0.717, 1.165) is 0 Å². The van der Waals surface area contributed by atoms with Crippen LogP contribution in [0, 0.1) is 0 Å². The molecule has 0 saturated carbocycles. The molecule has 0 aliphatic heterocycles. The quantitative estimate of drug-likeness (QED) is 0.304. The molecule has 0 heterocycles. The summed E-state index contributed by atoms with van der Waals surface area (Å²) >= 11 is 0. The smallest absolute Gasteiger partial charge is 0.290 e. The van der Waals surface area contributed by atoms with Gasteiger partial charge in [0.2, 0.25) is 0 Å². The molecule has 10 heavy (non-hydrogen) atoms. The summed E-state index contributed by atoms with van der Waals surface area (Å²) in [6, 6.07) is 0. The number of hydrogen-bond donors (Lipinski definition) is 3. The molecule has 57 valence electrons. The summed E-state index contributed by atoms with van der Waals surface area (Å²) in [7, 11) is 0. The van der Waals surface area contributed by atoms with Crippen molar-refractivity contribution >= 4 is 36.8 Å². The van der Waals surface area contributed by atoms with E-state index >= 15 is 0 Å². The van der Waals surface area contributed by atoms with Crippen LogP contribution >= 0.6 is 0 Å². The molecule has 3 radical (unpaired) electrons. The van der Waals surface area contributed by atoms with Crippen molar-refractivity contribution in [1.29, 1.82) is 0 Å². The predicted octanol–water partition coefficient (Wildman–Crippen LogP) is -1.28. The van der Waals surface area contributed by atoms with Gasteiger partial charge in [-0.3, -0.25) is 14.4 Å². The van der Waals surface area contributed by atoms with E-state index in [1.807, 2.05) is 0 Å². The third kappa shape index (κ3) is 219. The highest BCUT2D eigenvalue weighted by atomic mass is 27.0. The summed E-state index contributed by atoms with van der Waals surface area (Å²) in [5, 5.41) is 20.7. The maximum Gasteiger partial charge on any atom is 0.290 e. The van der Waals surface area contributed by atoms with Gasteiger partial charge < -0.3 is 15.3 Å². The first-order chi connectivity index (χ1) is 4.24. The summed E-state index contributed by atoms with van der Waals surface area (Å²) in [4.78, 5) is 25.1. The zero-order valence-electron chi connectivity index (χ0n) is 4.88. The summed E-state index contributed by atoms with van der Waals surface area (Å²) in [5.74, 6) is 0. The lowest BCUT2D eigenvalue weighted by Crippen LogP contribution is -1.49. The van der Waals surface area contributed by atoms with E-state index in [9.17, 15) is 0 Å². The van der Waals surface area contributed by atoms with E-state index in [0.29, 0.717) is 0 Å². The average molecular weight is 165 g/mol. The second kappa shape index (κ2) is 101. The fourth-order valence-corrected chi connectivity index (χ4v) is 0. The second-order valence-corrected chi connectivity index (χ2v) is 0.316. The van der Waals surface area contributed by atoms with Gasteiger partial charge in [0, 0.05) is 17.4 Å². The molecule has 0 atom stereocenters. The van der Waals surface area contributed by atoms with Crippen molar-refractivity contribution in [1.82, 2.24) is 0 Å². The fraction of sp³-hybridized carbons (Fsp3) is 0. The zero-order chi connectivity index (χ0) is 8.12. The minimum Gasteiger partial charge on any atom is -0.483 e. The highest BCUT2D eigenvalue weighted by molar-refractivity contribution is 5.75. The van der Waals surface area contributed by atoms with E-state index < -0.39 is 0 Å². The number of carboxylic acid groups (broad SMARTS) is 3. The lowest BCUT2D eigenvalue weighted by molar-refractivity contribution is -0.123. The van der Waals surface area contributed by atoms with Crippen molar-refractivity contribution in [2.24, 2.45) is 0 Å². The molecule has 0 aliphatic carbocycles. The summed E-state index contributed by atoms with van der Waals surface area (Å²) < 4.78 is 0. The maximum atomic E-state index is 8.36. The standard InChI is InChI=1S/3CH2O2.Al/c3*2-1-3;/h3*1H,(H,2,3);. The molecule has 0 aromatic rings. The Morgan fingerprint density at radius 3 is 0.700 bits per heavy atom. The molecule has 0 fully saturated rings. The number of carbonyl (C=O) groups is 3. The first-order valence-electron chi connectivity index (χ1n) is 1.48. The summed E-state index contributed by atoms with van der Waals surface area (Å²) in [6.45, 7) is -0.750. The molecular weight excluding hydrogens is 159 g/mol. The van der Waals surface area contributed by atoms with E-state index in [2.05, 4.69) is 0 Å². The van der Waals surface area contributed by atoms with Crippen molar-refractivity contribution in [3.8, 4) is 0 Å². The minimum absolute atomic E-state index is 0.